The maximum absolute atomic E-state index is 11.0. The SMILES string of the molecule is CC(Nc1cc(C(=O)O)c(N)cn1)c1ccccc1Cl. The van der Waals surface area contributed by atoms with Crippen LogP contribution >= 0.6 is 11.6 Å². The minimum Gasteiger partial charge on any atom is -0.478 e. The molecule has 0 radical (unpaired) electrons. The van der Waals surface area contributed by atoms with E-state index < -0.39 is 5.97 Å². The highest BCUT2D eigenvalue weighted by Gasteiger charge is 2.13. The Morgan fingerprint density at radius 1 is 1.45 bits per heavy atom. The van der Waals surface area contributed by atoms with Gasteiger partial charge < -0.3 is 16.2 Å². The summed E-state index contributed by atoms with van der Waals surface area (Å²) in [4.78, 5) is 15.1. The number of pyridine rings is 1. The number of carboxylic acids is 1. The molecule has 4 N–H and O–H groups in total. The lowest BCUT2D eigenvalue weighted by molar-refractivity contribution is 0.0698. The van der Waals surface area contributed by atoms with Gasteiger partial charge >= 0.3 is 5.97 Å². The fraction of sp³-hybridized carbons (Fsp3) is 0.143. The van der Waals surface area contributed by atoms with Gasteiger partial charge in [-0.2, -0.15) is 0 Å². The van der Waals surface area contributed by atoms with Crippen LogP contribution in [-0.4, -0.2) is 16.1 Å². The lowest BCUT2D eigenvalue weighted by Gasteiger charge is -2.16. The number of carbonyl (C=O) groups is 1. The second kappa shape index (κ2) is 5.79. The van der Waals surface area contributed by atoms with Gasteiger partial charge in [-0.15, -0.1) is 0 Å². The van der Waals surface area contributed by atoms with Crippen molar-refractivity contribution in [1.29, 1.82) is 0 Å². The van der Waals surface area contributed by atoms with Crippen molar-refractivity contribution in [1.82, 2.24) is 4.98 Å². The number of hydrogen-bond acceptors (Lipinski definition) is 4. The zero-order chi connectivity index (χ0) is 14.7. The highest BCUT2D eigenvalue weighted by Crippen LogP contribution is 2.25. The Hall–Kier alpha value is -2.27. The van der Waals surface area contributed by atoms with E-state index in [1.165, 1.54) is 12.3 Å². The van der Waals surface area contributed by atoms with Crippen LogP contribution in [0.5, 0.6) is 0 Å². The first-order valence-electron chi connectivity index (χ1n) is 5.99. The first-order valence-corrected chi connectivity index (χ1v) is 6.36. The Bertz CT molecular complexity index is 646. The number of aromatic nitrogens is 1. The van der Waals surface area contributed by atoms with Gasteiger partial charge in [0.25, 0.3) is 0 Å². The molecule has 0 saturated carbocycles. The van der Waals surface area contributed by atoms with Crippen molar-refractivity contribution in [2.24, 2.45) is 0 Å². The number of nitrogens with zero attached hydrogens (tertiary/aromatic N) is 1. The molecule has 20 heavy (non-hydrogen) atoms. The number of anilines is 2. The molecule has 1 aromatic heterocycles. The summed E-state index contributed by atoms with van der Waals surface area (Å²) in [5, 5.41) is 12.8. The molecule has 0 saturated heterocycles. The maximum atomic E-state index is 11.0. The van der Waals surface area contributed by atoms with Crippen LogP contribution in [0.4, 0.5) is 11.5 Å². The Balaban J connectivity index is 2.24. The molecule has 1 atom stereocenters. The van der Waals surface area contributed by atoms with E-state index in [1.54, 1.807) is 6.07 Å². The van der Waals surface area contributed by atoms with Crippen LogP contribution in [0.25, 0.3) is 0 Å². The number of aromatic carboxylic acids is 1. The normalized spacial score (nSPS) is 11.9. The molecule has 0 fully saturated rings. The van der Waals surface area contributed by atoms with E-state index in [0.717, 1.165) is 5.56 Å². The summed E-state index contributed by atoms with van der Waals surface area (Å²) < 4.78 is 0. The first-order chi connectivity index (χ1) is 9.49. The first kappa shape index (κ1) is 14.1. The molecule has 1 heterocycles. The molecule has 104 valence electrons. The van der Waals surface area contributed by atoms with E-state index in [9.17, 15) is 4.79 Å². The Morgan fingerprint density at radius 3 is 2.80 bits per heavy atom. The molecule has 0 bridgehead atoms. The number of carboxylic acid groups (broad SMARTS) is 1. The van der Waals surface area contributed by atoms with Gasteiger partial charge in [-0.05, 0) is 24.6 Å². The largest absolute Gasteiger partial charge is 0.478 e. The molecule has 0 amide bonds. The summed E-state index contributed by atoms with van der Waals surface area (Å²) in [7, 11) is 0. The van der Waals surface area contributed by atoms with Gasteiger partial charge in [0.15, 0.2) is 0 Å². The fourth-order valence-electron chi connectivity index (χ4n) is 1.86. The molecule has 1 unspecified atom stereocenters. The molecule has 2 rings (SSSR count). The van der Waals surface area contributed by atoms with E-state index in [2.05, 4.69) is 10.3 Å². The Labute approximate surface area is 121 Å². The highest BCUT2D eigenvalue weighted by molar-refractivity contribution is 6.31. The van der Waals surface area contributed by atoms with Crippen molar-refractivity contribution in [3.63, 3.8) is 0 Å². The second-order valence-corrected chi connectivity index (χ2v) is 4.76. The van der Waals surface area contributed by atoms with E-state index in [1.807, 2.05) is 25.1 Å². The van der Waals surface area contributed by atoms with Crippen molar-refractivity contribution in [2.45, 2.75) is 13.0 Å². The van der Waals surface area contributed by atoms with Gasteiger partial charge in [-0.1, -0.05) is 29.8 Å². The molecule has 0 aliphatic carbocycles. The summed E-state index contributed by atoms with van der Waals surface area (Å²) in [5.74, 6) is -0.651. The average Bonchev–Trinajstić information content (AvgIpc) is 2.41. The van der Waals surface area contributed by atoms with Gasteiger partial charge in [0.05, 0.1) is 23.5 Å². The van der Waals surface area contributed by atoms with E-state index >= 15 is 0 Å². The third-order valence-corrected chi connectivity index (χ3v) is 3.25. The summed E-state index contributed by atoms with van der Waals surface area (Å²) >= 11 is 6.12. The number of halogens is 1. The van der Waals surface area contributed by atoms with E-state index in [0.29, 0.717) is 10.8 Å². The van der Waals surface area contributed by atoms with Gasteiger partial charge in [0.1, 0.15) is 5.82 Å². The standard InChI is InChI=1S/C14H14ClN3O2/c1-8(9-4-2-3-5-11(9)15)18-13-6-10(14(19)20)12(16)7-17-13/h2-8H,16H2,1H3,(H,17,18)(H,19,20). The predicted octanol–water partition coefficient (Wildman–Crippen LogP) is 3.19. The van der Waals surface area contributed by atoms with Crippen LogP contribution in [0.3, 0.4) is 0 Å². The summed E-state index contributed by atoms with van der Waals surface area (Å²) in [5.41, 5.74) is 6.63. The van der Waals surface area contributed by atoms with Crippen LogP contribution in [0.1, 0.15) is 28.9 Å². The number of nitrogens with one attached hydrogen (secondary N) is 1. The molecule has 5 nitrogen and oxygen atoms in total. The van der Waals surface area contributed by atoms with E-state index in [4.69, 9.17) is 22.4 Å². The smallest absolute Gasteiger partial charge is 0.337 e. The number of nitrogens with two attached hydrogens (primary N) is 1. The fourth-order valence-corrected chi connectivity index (χ4v) is 2.16. The van der Waals surface area contributed by atoms with Crippen LogP contribution in [0.2, 0.25) is 5.02 Å². The number of benzene rings is 1. The molecule has 1 aromatic carbocycles. The molecule has 0 aliphatic rings. The molecular weight excluding hydrogens is 278 g/mol. The van der Waals surface area contributed by atoms with Gasteiger partial charge in [0, 0.05) is 5.02 Å². The van der Waals surface area contributed by atoms with Crippen molar-refractivity contribution < 1.29 is 9.90 Å². The second-order valence-electron chi connectivity index (χ2n) is 4.35. The minimum atomic E-state index is -1.08. The monoisotopic (exact) mass is 291 g/mol. The van der Waals surface area contributed by atoms with Crippen LogP contribution < -0.4 is 11.1 Å². The Morgan fingerprint density at radius 2 is 2.15 bits per heavy atom. The van der Waals surface area contributed by atoms with Gasteiger partial charge in [-0.3, -0.25) is 0 Å². The van der Waals surface area contributed by atoms with Crippen molar-refractivity contribution in [2.75, 3.05) is 11.1 Å². The number of hydrogen-bond donors (Lipinski definition) is 3. The molecule has 0 aliphatic heterocycles. The van der Waals surface area contributed by atoms with Crippen LogP contribution in [0, 0.1) is 0 Å². The summed E-state index contributed by atoms with van der Waals surface area (Å²) in [6.07, 6.45) is 1.32. The molecule has 6 heteroatoms. The van der Waals surface area contributed by atoms with Crippen LogP contribution in [0.15, 0.2) is 36.5 Å². The van der Waals surface area contributed by atoms with Crippen molar-refractivity contribution in [3.05, 3.63) is 52.7 Å². The number of rotatable bonds is 4. The van der Waals surface area contributed by atoms with Gasteiger partial charge in [-0.25, -0.2) is 9.78 Å². The number of nitrogen functional groups attached to an aromatic ring is 1. The summed E-state index contributed by atoms with van der Waals surface area (Å²) in [6, 6.07) is 8.73. The minimum absolute atomic E-state index is 0.0221. The highest BCUT2D eigenvalue weighted by atomic mass is 35.5. The maximum Gasteiger partial charge on any atom is 0.337 e. The quantitative estimate of drug-likeness (QED) is 0.805. The molecule has 2 aromatic rings. The molecular formula is C14H14ClN3O2. The van der Waals surface area contributed by atoms with Crippen LogP contribution in [-0.2, 0) is 0 Å². The van der Waals surface area contributed by atoms with Crippen molar-refractivity contribution >= 4 is 29.1 Å². The predicted molar refractivity (Wildman–Crippen MR) is 79.1 cm³/mol. The lowest BCUT2D eigenvalue weighted by atomic mass is 10.1. The van der Waals surface area contributed by atoms with E-state index in [-0.39, 0.29) is 17.3 Å². The zero-order valence-electron chi connectivity index (χ0n) is 10.8. The Kier molecular flexibility index (Phi) is 4.10. The lowest BCUT2D eigenvalue weighted by Crippen LogP contribution is -2.10. The molecule has 0 spiro atoms. The van der Waals surface area contributed by atoms with Crippen molar-refractivity contribution in [3.8, 4) is 0 Å². The topological polar surface area (TPSA) is 88.2 Å². The average molecular weight is 292 g/mol. The third kappa shape index (κ3) is 3.00. The van der Waals surface area contributed by atoms with Gasteiger partial charge in [0.2, 0.25) is 0 Å². The third-order valence-electron chi connectivity index (χ3n) is 2.90. The summed E-state index contributed by atoms with van der Waals surface area (Å²) in [6.45, 7) is 1.92. The zero-order valence-corrected chi connectivity index (χ0v) is 11.6.